The van der Waals surface area contributed by atoms with Crippen LogP contribution in [-0.2, 0) is 0 Å². The Bertz CT molecular complexity index is 433. The third-order valence-corrected chi connectivity index (χ3v) is 2.05. The third kappa shape index (κ3) is 7.03. The first kappa shape index (κ1) is 16.9. The number of methoxy groups -OCH3 is 2. The zero-order chi connectivity index (χ0) is 14.5. The highest BCUT2D eigenvalue weighted by Crippen LogP contribution is 2.11. The molecule has 0 bridgehead atoms. The summed E-state index contributed by atoms with van der Waals surface area (Å²) in [4.78, 5) is 7.86. The molecule has 4 nitrogen and oxygen atoms in total. The van der Waals surface area contributed by atoms with E-state index in [1.165, 1.54) is 0 Å². The molecule has 0 radical (unpaired) electrons. The van der Waals surface area contributed by atoms with Gasteiger partial charge >= 0.3 is 0 Å². The average molecular weight is 262 g/mol. The Labute approximate surface area is 115 Å². The van der Waals surface area contributed by atoms with Crippen molar-refractivity contribution in [2.75, 3.05) is 14.2 Å². The number of aryl methyl sites for hydroxylation is 1. The van der Waals surface area contributed by atoms with Crippen molar-refractivity contribution in [1.29, 1.82) is 0 Å². The van der Waals surface area contributed by atoms with Crippen molar-refractivity contribution >= 4 is 0 Å². The summed E-state index contributed by atoms with van der Waals surface area (Å²) >= 11 is 0. The molecule has 2 rings (SSSR count). The summed E-state index contributed by atoms with van der Waals surface area (Å²) in [6.07, 6.45) is 5.13. The molecule has 0 atom stereocenters. The molecule has 0 unspecified atom stereocenters. The summed E-state index contributed by atoms with van der Waals surface area (Å²) in [5.41, 5.74) is 0.931. The monoisotopic (exact) mass is 262 g/mol. The van der Waals surface area contributed by atoms with Gasteiger partial charge in [-0.2, -0.15) is 0 Å². The lowest BCUT2D eigenvalue weighted by Gasteiger charge is -1.99. The molecule has 0 saturated carbocycles. The van der Waals surface area contributed by atoms with E-state index in [2.05, 4.69) is 9.97 Å². The van der Waals surface area contributed by atoms with E-state index < -0.39 is 0 Å². The molecule has 0 aliphatic carbocycles. The average Bonchev–Trinajstić information content (AvgIpc) is 2.51. The van der Waals surface area contributed by atoms with Gasteiger partial charge in [0.05, 0.1) is 26.1 Å². The molecule has 0 amide bonds. The number of ether oxygens (including phenoxy) is 2. The fourth-order valence-electron chi connectivity index (χ4n) is 1.15. The van der Waals surface area contributed by atoms with Crippen LogP contribution in [0.1, 0.15) is 19.5 Å². The van der Waals surface area contributed by atoms with Gasteiger partial charge in [-0.15, -0.1) is 0 Å². The van der Waals surface area contributed by atoms with Gasteiger partial charge in [-0.3, -0.25) is 9.97 Å². The summed E-state index contributed by atoms with van der Waals surface area (Å²) < 4.78 is 9.83. The molecule has 0 spiro atoms. The minimum atomic E-state index is 0.799. The molecule has 19 heavy (non-hydrogen) atoms. The number of rotatable bonds is 2. The number of aromatic nitrogens is 2. The molecule has 4 heteroatoms. The summed E-state index contributed by atoms with van der Waals surface area (Å²) in [6, 6.07) is 7.43. The smallest absolute Gasteiger partial charge is 0.140 e. The Morgan fingerprint density at radius 3 is 2.00 bits per heavy atom. The molecule has 2 aromatic heterocycles. The van der Waals surface area contributed by atoms with Gasteiger partial charge in [-0.25, -0.2) is 0 Å². The van der Waals surface area contributed by atoms with Gasteiger partial charge in [0.15, 0.2) is 0 Å². The predicted molar refractivity (Wildman–Crippen MR) is 77.7 cm³/mol. The van der Waals surface area contributed by atoms with E-state index in [9.17, 15) is 0 Å². The van der Waals surface area contributed by atoms with Crippen LogP contribution in [0.3, 0.4) is 0 Å². The van der Waals surface area contributed by atoms with Crippen LogP contribution < -0.4 is 9.47 Å². The van der Waals surface area contributed by atoms with Gasteiger partial charge in [0.1, 0.15) is 11.5 Å². The van der Waals surface area contributed by atoms with Crippen molar-refractivity contribution in [2.24, 2.45) is 0 Å². The van der Waals surface area contributed by atoms with Crippen LogP contribution in [0.4, 0.5) is 0 Å². The lowest BCUT2D eigenvalue weighted by molar-refractivity contribution is 0.409. The molecule has 0 N–H and O–H groups in total. The zero-order valence-electron chi connectivity index (χ0n) is 12.3. The predicted octanol–water partition coefficient (Wildman–Crippen LogP) is 3.52. The minimum absolute atomic E-state index is 0.799. The SMILES string of the molecule is CC.COc1cccnc1.COc1cccnc1C. The van der Waals surface area contributed by atoms with Crippen LogP contribution in [0.25, 0.3) is 0 Å². The molecule has 0 aromatic carbocycles. The number of hydrogen-bond donors (Lipinski definition) is 0. The Kier molecular flexibility index (Phi) is 9.80. The molecule has 0 aliphatic rings. The molecule has 0 aliphatic heterocycles. The van der Waals surface area contributed by atoms with Crippen LogP contribution in [-0.4, -0.2) is 24.2 Å². The Balaban J connectivity index is 0.000000303. The highest BCUT2D eigenvalue weighted by atomic mass is 16.5. The van der Waals surface area contributed by atoms with Gasteiger partial charge in [0.2, 0.25) is 0 Å². The van der Waals surface area contributed by atoms with E-state index >= 15 is 0 Å². The maximum Gasteiger partial charge on any atom is 0.140 e. The quantitative estimate of drug-likeness (QED) is 0.830. The number of pyridine rings is 2. The van der Waals surface area contributed by atoms with E-state index in [1.807, 2.05) is 45.0 Å². The first-order valence-electron chi connectivity index (χ1n) is 6.17. The minimum Gasteiger partial charge on any atom is -0.495 e. The van der Waals surface area contributed by atoms with Crippen LogP contribution in [0.5, 0.6) is 11.5 Å². The molecule has 2 heterocycles. The van der Waals surface area contributed by atoms with E-state index in [0.717, 1.165) is 17.2 Å². The molecular formula is C15H22N2O2. The fraction of sp³-hybridized carbons (Fsp3) is 0.333. The third-order valence-electron chi connectivity index (χ3n) is 2.05. The maximum absolute atomic E-state index is 4.98. The second-order valence-electron chi connectivity index (χ2n) is 3.18. The first-order valence-corrected chi connectivity index (χ1v) is 6.17. The van der Waals surface area contributed by atoms with Crippen molar-refractivity contribution in [3.05, 3.63) is 48.5 Å². The lowest BCUT2D eigenvalue weighted by atomic mass is 10.3. The largest absolute Gasteiger partial charge is 0.495 e. The van der Waals surface area contributed by atoms with Gasteiger partial charge in [-0.1, -0.05) is 13.8 Å². The summed E-state index contributed by atoms with van der Waals surface area (Å²) in [6.45, 7) is 5.92. The van der Waals surface area contributed by atoms with Gasteiger partial charge < -0.3 is 9.47 Å². The highest BCUT2D eigenvalue weighted by molar-refractivity contribution is 5.24. The molecule has 0 fully saturated rings. The van der Waals surface area contributed by atoms with Gasteiger partial charge in [0.25, 0.3) is 0 Å². The zero-order valence-corrected chi connectivity index (χ0v) is 12.3. The Morgan fingerprint density at radius 1 is 0.947 bits per heavy atom. The summed E-state index contributed by atoms with van der Waals surface area (Å²) in [7, 11) is 3.26. The van der Waals surface area contributed by atoms with Crippen LogP contribution >= 0.6 is 0 Å². The van der Waals surface area contributed by atoms with Crippen molar-refractivity contribution in [2.45, 2.75) is 20.8 Å². The second-order valence-corrected chi connectivity index (χ2v) is 3.18. The van der Waals surface area contributed by atoms with Crippen molar-refractivity contribution in [1.82, 2.24) is 9.97 Å². The number of nitrogens with zero attached hydrogens (tertiary/aromatic N) is 2. The second kappa shape index (κ2) is 11.0. The Hall–Kier alpha value is -2.10. The molecule has 0 saturated heterocycles. The molecule has 104 valence electrons. The van der Waals surface area contributed by atoms with Crippen molar-refractivity contribution < 1.29 is 9.47 Å². The van der Waals surface area contributed by atoms with Crippen molar-refractivity contribution in [3.8, 4) is 11.5 Å². The van der Waals surface area contributed by atoms with E-state index in [4.69, 9.17) is 9.47 Å². The highest BCUT2D eigenvalue weighted by Gasteiger charge is 1.92. The standard InChI is InChI=1S/C7H9NO.C6H7NO.C2H6/c1-6-7(9-2)4-3-5-8-6;1-8-6-3-2-4-7-5-6;1-2/h3-5H,1-2H3;2-5H,1H3;1-2H3. The summed E-state index contributed by atoms with van der Waals surface area (Å²) in [5, 5.41) is 0. The number of hydrogen-bond acceptors (Lipinski definition) is 4. The normalized spacial score (nSPS) is 8.26. The van der Waals surface area contributed by atoms with Crippen LogP contribution in [0, 0.1) is 6.92 Å². The van der Waals surface area contributed by atoms with Crippen LogP contribution in [0.2, 0.25) is 0 Å². The maximum atomic E-state index is 4.98. The van der Waals surface area contributed by atoms with E-state index in [-0.39, 0.29) is 0 Å². The molecule has 2 aromatic rings. The van der Waals surface area contributed by atoms with Crippen LogP contribution in [0.15, 0.2) is 42.9 Å². The molecular weight excluding hydrogens is 240 g/mol. The fourth-order valence-corrected chi connectivity index (χ4v) is 1.15. The van der Waals surface area contributed by atoms with Gasteiger partial charge in [-0.05, 0) is 31.2 Å². The topological polar surface area (TPSA) is 44.2 Å². The summed E-state index contributed by atoms with van der Waals surface area (Å²) in [5.74, 6) is 1.64. The first-order chi connectivity index (χ1) is 9.27. The van der Waals surface area contributed by atoms with Crippen molar-refractivity contribution in [3.63, 3.8) is 0 Å². The van der Waals surface area contributed by atoms with E-state index in [0.29, 0.717) is 0 Å². The Morgan fingerprint density at radius 2 is 1.63 bits per heavy atom. The van der Waals surface area contributed by atoms with E-state index in [1.54, 1.807) is 32.8 Å². The van der Waals surface area contributed by atoms with Gasteiger partial charge in [0, 0.05) is 12.4 Å². The lowest BCUT2D eigenvalue weighted by Crippen LogP contribution is -1.87.